The number of anilines is 1. The van der Waals surface area contributed by atoms with Gasteiger partial charge in [0.25, 0.3) is 0 Å². The second-order valence-corrected chi connectivity index (χ2v) is 4.54. The van der Waals surface area contributed by atoms with Crippen LogP contribution in [0.5, 0.6) is 0 Å². The third-order valence-electron chi connectivity index (χ3n) is 1.96. The highest BCUT2D eigenvalue weighted by Gasteiger charge is 2.08. The van der Waals surface area contributed by atoms with Gasteiger partial charge in [0, 0.05) is 5.02 Å². The Morgan fingerprint density at radius 3 is 2.47 bits per heavy atom. The van der Waals surface area contributed by atoms with Crippen molar-refractivity contribution < 1.29 is 10.2 Å². The van der Waals surface area contributed by atoms with Gasteiger partial charge in [0.15, 0.2) is 5.11 Å². The topological polar surface area (TPSA) is 64.5 Å². The minimum atomic E-state index is -0.499. The number of rotatable bonds is 4. The molecule has 7 heteroatoms. The molecule has 0 bridgehead atoms. The summed E-state index contributed by atoms with van der Waals surface area (Å²) in [7, 11) is 0. The molecule has 0 aromatic heterocycles. The summed E-state index contributed by atoms with van der Waals surface area (Å²) in [6.45, 7) is -0.431. The predicted octanol–water partition coefficient (Wildman–Crippen LogP) is 1.63. The van der Waals surface area contributed by atoms with Crippen molar-refractivity contribution in [1.29, 1.82) is 0 Å². The molecule has 0 radical (unpaired) electrons. The van der Waals surface area contributed by atoms with E-state index in [1.54, 1.807) is 18.2 Å². The first-order valence-corrected chi connectivity index (χ1v) is 5.97. The van der Waals surface area contributed by atoms with E-state index in [0.717, 1.165) is 0 Å². The van der Waals surface area contributed by atoms with E-state index < -0.39 is 6.04 Å². The van der Waals surface area contributed by atoms with Crippen LogP contribution in [0.4, 0.5) is 5.69 Å². The monoisotopic (exact) mass is 294 g/mol. The largest absolute Gasteiger partial charge is 0.394 e. The lowest BCUT2D eigenvalue weighted by Crippen LogP contribution is -2.42. The average Bonchev–Trinajstić information content (AvgIpc) is 2.29. The zero-order chi connectivity index (χ0) is 12.8. The van der Waals surface area contributed by atoms with Crippen molar-refractivity contribution in [1.82, 2.24) is 5.32 Å². The highest BCUT2D eigenvalue weighted by atomic mass is 35.5. The first-order chi connectivity index (χ1) is 8.06. The summed E-state index contributed by atoms with van der Waals surface area (Å²) in [5.41, 5.74) is 0.600. The molecule has 0 unspecified atom stereocenters. The van der Waals surface area contributed by atoms with Gasteiger partial charge >= 0.3 is 0 Å². The van der Waals surface area contributed by atoms with Crippen molar-refractivity contribution in [3.8, 4) is 0 Å². The summed E-state index contributed by atoms with van der Waals surface area (Å²) < 4.78 is 0. The van der Waals surface area contributed by atoms with Gasteiger partial charge in [-0.05, 0) is 30.4 Å². The Bertz CT molecular complexity index is 400. The van der Waals surface area contributed by atoms with E-state index in [2.05, 4.69) is 10.6 Å². The molecule has 0 spiro atoms. The molecule has 4 nitrogen and oxygen atoms in total. The van der Waals surface area contributed by atoms with Crippen LogP contribution in [-0.2, 0) is 0 Å². The van der Waals surface area contributed by atoms with Crippen molar-refractivity contribution >= 4 is 46.2 Å². The molecule has 17 heavy (non-hydrogen) atoms. The van der Waals surface area contributed by atoms with Gasteiger partial charge in [0.05, 0.1) is 30.0 Å². The lowest BCUT2D eigenvalue weighted by Gasteiger charge is -2.17. The van der Waals surface area contributed by atoms with Gasteiger partial charge in [-0.2, -0.15) is 0 Å². The van der Waals surface area contributed by atoms with Crippen molar-refractivity contribution in [2.24, 2.45) is 0 Å². The second-order valence-electron chi connectivity index (χ2n) is 3.28. The van der Waals surface area contributed by atoms with Crippen LogP contribution >= 0.6 is 35.4 Å². The number of benzene rings is 1. The quantitative estimate of drug-likeness (QED) is 0.636. The van der Waals surface area contributed by atoms with E-state index in [4.69, 9.17) is 45.6 Å². The molecular weight excluding hydrogens is 283 g/mol. The van der Waals surface area contributed by atoms with Gasteiger partial charge in [-0.1, -0.05) is 23.2 Å². The molecule has 0 aliphatic carbocycles. The SMILES string of the molecule is OCC(CO)NC(=S)Nc1ccc(Cl)cc1Cl. The van der Waals surface area contributed by atoms with Gasteiger partial charge in [-0.15, -0.1) is 0 Å². The van der Waals surface area contributed by atoms with Gasteiger partial charge in [0.2, 0.25) is 0 Å². The van der Waals surface area contributed by atoms with Gasteiger partial charge in [-0.3, -0.25) is 0 Å². The first kappa shape index (κ1) is 14.5. The van der Waals surface area contributed by atoms with Crippen molar-refractivity contribution in [3.63, 3.8) is 0 Å². The third-order valence-corrected chi connectivity index (χ3v) is 2.72. The number of hydrogen-bond donors (Lipinski definition) is 4. The molecule has 1 aromatic rings. The zero-order valence-corrected chi connectivity index (χ0v) is 11.1. The van der Waals surface area contributed by atoms with Gasteiger partial charge < -0.3 is 20.8 Å². The summed E-state index contributed by atoms with van der Waals surface area (Å²) in [6, 6.07) is 4.45. The van der Waals surface area contributed by atoms with Crippen LogP contribution in [0.3, 0.4) is 0 Å². The number of aliphatic hydroxyl groups excluding tert-OH is 2. The fourth-order valence-corrected chi connectivity index (χ4v) is 1.82. The van der Waals surface area contributed by atoms with Crippen LogP contribution in [0.1, 0.15) is 0 Å². The lowest BCUT2D eigenvalue weighted by atomic mass is 10.3. The zero-order valence-electron chi connectivity index (χ0n) is 8.78. The maximum Gasteiger partial charge on any atom is 0.171 e. The smallest absolute Gasteiger partial charge is 0.171 e. The fraction of sp³-hybridized carbons (Fsp3) is 0.300. The fourth-order valence-electron chi connectivity index (χ4n) is 1.08. The molecule has 0 fully saturated rings. The summed E-state index contributed by atoms with van der Waals surface area (Å²) in [6.07, 6.45) is 0. The second kappa shape index (κ2) is 6.98. The van der Waals surface area contributed by atoms with E-state index in [0.29, 0.717) is 15.7 Å². The Hall–Kier alpha value is -0.590. The molecule has 0 amide bonds. The third kappa shape index (κ3) is 4.65. The molecule has 0 atom stereocenters. The molecule has 1 aromatic carbocycles. The maximum atomic E-state index is 8.88. The Kier molecular flexibility index (Phi) is 5.94. The highest BCUT2D eigenvalue weighted by molar-refractivity contribution is 7.80. The molecule has 0 saturated carbocycles. The minimum absolute atomic E-state index is 0.216. The number of hydrogen-bond acceptors (Lipinski definition) is 3. The summed E-state index contributed by atoms with van der Waals surface area (Å²) in [5.74, 6) is 0. The van der Waals surface area contributed by atoms with Crippen molar-refractivity contribution in [2.75, 3.05) is 18.5 Å². The molecule has 0 aliphatic rings. The minimum Gasteiger partial charge on any atom is -0.394 e. The van der Waals surface area contributed by atoms with Crippen LogP contribution in [0.25, 0.3) is 0 Å². The average molecular weight is 295 g/mol. The van der Waals surface area contributed by atoms with Gasteiger partial charge in [0.1, 0.15) is 0 Å². The Morgan fingerprint density at radius 2 is 1.94 bits per heavy atom. The van der Waals surface area contributed by atoms with Crippen molar-refractivity contribution in [3.05, 3.63) is 28.2 Å². The maximum absolute atomic E-state index is 8.88. The molecule has 0 heterocycles. The highest BCUT2D eigenvalue weighted by Crippen LogP contribution is 2.25. The molecule has 4 N–H and O–H groups in total. The Morgan fingerprint density at radius 1 is 1.29 bits per heavy atom. The van der Waals surface area contributed by atoms with Crippen molar-refractivity contribution in [2.45, 2.75) is 6.04 Å². The van der Waals surface area contributed by atoms with Crippen LogP contribution in [0.15, 0.2) is 18.2 Å². The van der Waals surface area contributed by atoms with E-state index in [9.17, 15) is 0 Å². The van der Waals surface area contributed by atoms with Gasteiger partial charge in [-0.25, -0.2) is 0 Å². The number of nitrogens with one attached hydrogen (secondary N) is 2. The van der Waals surface area contributed by atoms with E-state index >= 15 is 0 Å². The molecule has 0 aliphatic heterocycles. The number of thiocarbonyl (C=S) groups is 1. The normalized spacial score (nSPS) is 10.4. The molecule has 1 rings (SSSR count). The first-order valence-electron chi connectivity index (χ1n) is 4.81. The van der Waals surface area contributed by atoms with E-state index in [1.165, 1.54) is 0 Å². The lowest BCUT2D eigenvalue weighted by molar-refractivity contribution is 0.184. The van der Waals surface area contributed by atoms with Crippen LogP contribution in [-0.4, -0.2) is 34.6 Å². The Balaban J connectivity index is 2.62. The Labute approximate surface area is 115 Å². The number of aliphatic hydroxyl groups is 2. The van der Waals surface area contributed by atoms with Crippen LogP contribution in [0, 0.1) is 0 Å². The summed E-state index contributed by atoms with van der Waals surface area (Å²) >= 11 is 16.7. The van der Waals surface area contributed by atoms with E-state index in [1.807, 2.05) is 0 Å². The number of halogens is 2. The predicted molar refractivity (Wildman–Crippen MR) is 73.8 cm³/mol. The summed E-state index contributed by atoms with van der Waals surface area (Å²) in [5, 5.41) is 24.6. The standard InChI is InChI=1S/C10H12Cl2N2O2S/c11-6-1-2-9(8(12)3-6)14-10(17)13-7(4-15)5-16/h1-3,7,15-16H,4-5H2,(H2,13,14,17). The summed E-state index contributed by atoms with van der Waals surface area (Å²) in [4.78, 5) is 0. The van der Waals surface area contributed by atoms with Crippen LogP contribution in [0.2, 0.25) is 10.0 Å². The van der Waals surface area contributed by atoms with Crippen LogP contribution < -0.4 is 10.6 Å². The molecule has 0 saturated heterocycles. The molecule has 94 valence electrons. The molecular formula is C10H12Cl2N2O2S. The van der Waals surface area contributed by atoms with E-state index in [-0.39, 0.29) is 18.3 Å².